The Morgan fingerprint density at radius 3 is 2.23 bits per heavy atom. The van der Waals surface area contributed by atoms with Gasteiger partial charge in [-0.05, 0) is 18.6 Å². The van der Waals surface area contributed by atoms with Gasteiger partial charge < -0.3 is 14.6 Å². The molecule has 0 aliphatic rings. The third-order valence-electron chi connectivity index (χ3n) is 3.32. The Labute approximate surface area is 154 Å². The van der Waals surface area contributed by atoms with Crippen LogP contribution in [0.25, 0.3) is 0 Å². The first kappa shape index (κ1) is 21.2. The van der Waals surface area contributed by atoms with Gasteiger partial charge in [0, 0.05) is 12.0 Å². The van der Waals surface area contributed by atoms with Crippen molar-refractivity contribution in [1.82, 2.24) is 0 Å². The molecule has 0 radical (unpaired) electrons. The normalized spacial score (nSPS) is 9.86. The van der Waals surface area contributed by atoms with Gasteiger partial charge in [0.1, 0.15) is 5.75 Å². The van der Waals surface area contributed by atoms with Gasteiger partial charge in [0.25, 0.3) is 0 Å². The minimum absolute atomic E-state index is 0. The minimum atomic E-state index is -1.34. The van der Waals surface area contributed by atoms with Crippen molar-refractivity contribution in [2.24, 2.45) is 0 Å². The molecule has 0 spiro atoms. The number of hydrogen-bond acceptors (Lipinski definition) is 4. The van der Waals surface area contributed by atoms with Crippen molar-refractivity contribution in [3.8, 4) is 5.75 Å². The van der Waals surface area contributed by atoms with Crippen LogP contribution in [0.15, 0.2) is 24.3 Å². The number of carbonyl (C=O) groups excluding carboxylic acids is 2. The SMILES string of the molecule is CCCCCCCCCC(=O)Oc1ccccc1C(=O)[O-].[Na+]. The molecule has 1 rings (SSSR count). The third-order valence-corrected chi connectivity index (χ3v) is 3.32. The van der Waals surface area contributed by atoms with Crippen LogP contribution in [-0.2, 0) is 4.79 Å². The number of para-hydroxylation sites is 1. The zero-order valence-corrected chi connectivity index (χ0v) is 15.6. The van der Waals surface area contributed by atoms with E-state index < -0.39 is 11.9 Å². The van der Waals surface area contributed by atoms with Crippen molar-refractivity contribution in [1.29, 1.82) is 0 Å². The molecule has 0 bridgehead atoms. The molecule has 0 fully saturated rings. The number of carboxylic acid groups (broad SMARTS) is 1. The van der Waals surface area contributed by atoms with Gasteiger partial charge in [-0.1, -0.05) is 57.6 Å². The van der Waals surface area contributed by atoms with Crippen molar-refractivity contribution >= 4 is 11.9 Å². The van der Waals surface area contributed by atoms with Crippen LogP contribution in [0.5, 0.6) is 5.75 Å². The Morgan fingerprint density at radius 2 is 1.59 bits per heavy atom. The van der Waals surface area contributed by atoms with E-state index in [4.69, 9.17) is 4.74 Å². The quantitative estimate of drug-likeness (QED) is 0.266. The van der Waals surface area contributed by atoms with Gasteiger partial charge in [-0.15, -0.1) is 0 Å². The minimum Gasteiger partial charge on any atom is -0.545 e. The molecule has 0 unspecified atom stereocenters. The molecule has 0 aliphatic carbocycles. The Morgan fingerprint density at radius 1 is 1.00 bits per heavy atom. The van der Waals surface area contributed by atoms with Crippen LogP contribution in [0.2, 0.25) is 0 Å². The first-order valence-corrected chi connectivity index (χ1v) is 7.66. The fourth-order valence-electron chi connectivity index (χ4n) is 2.12. The fourth-order valence-corrected chi connectivity index (χ4v) is 2.12. The number of carboxylic acids is 1. The second-order valence-electron chi connectivity index (χ2n) is 5.13. The molecule has 5 heteroatoms. The summed E-state index contributed by atoms with van der Waals surface area (Å²) in [6, 6.07) is 6.03. The summed E-state index contributed by atoms with van der Waals surface area (Å²) in [7, 11) is 0. The van der Waals surface area contributed by atoms with Crippen LogP contribution in [-0.4, -0.2) is 11.9 Å². The summed E-state index contributed by atoms with van der Waals surface area (Å²) < 4.78 is 5.09. The maximum Gasteiger partial charge on any atom is 1.00 e. The Hall–Kier alpha value is -0.840. The second kappa shape index (κ2) is 12.7. The monoisotopic (exact) mass is 314 g/mol. The summed E-state index contributed by atoms with van der Waals surface area (Å²) in [6.45, 7) is 2.18. The smallest absolute Gasteiger partial charge is 0.545 e. The summed E-state index contributed by atoms with van der Waals surface area (Å²) in [6.07, 6.45) is 8.17. The summed E-state index contributed by atoms with van der Waals surface area (Å²) in [5.74, 6) is -1.67. The molecular formula is C17H23NaO4. The molecule has 0 aromatic heterocycles. The van der Waals surface area contributed by atoms with E-state index in [1.807, 2.05) is 0 Å². The summed E-state index contributed by atoms with van der Waals surface area (Å²) in [5, 5.41) is 10.9. The van der Waals surface area contributed by atoms with Crippen molar-refractivity contribution in [2.75, 3.05) is 0 Å². The first-order chi connectivity index (χ1) is 10.1. The molecule has 0 saturated heterocycles. The molecule has 116 valence electrons. The molecule has 0 saturated carbocycles. The van der Waals surface area contributed by atoms with Crippen LogP contribution >= 0.6 is 0 Å². The molecule has 0 aliphatic heterocycles. The molecular weight excluding hydrogens is 291 g/mol. The summed E-state index contributed by atoms with van der Waals surface area (Å²) >= 11 is 0. The number of hydrogen-bond donors (Lipinski definition) is 0. The third kappa shape index (κ3) is 8.57. The Kier molecular flexibility index (Phi) is 12.2. The predicted octanol–water partition coefficient (Wildman–Crippen LogP) is 0.100. The van der Waals surface area contributed by atoms with Crippen LogP contribution < -0.4 is 39.4 Å². The number of aromatic carboxylic acids is 1. The van der Waals surface area contributed by atoms with Crippen molar-refractivity contribution in [3.63, 3.8) is 0 Å². The molecule has 0 N–H and O–H groups in total. The van der Waals surface area contributed by atoms with E-state index in [1.54, 1.807) is 12.1 Å². The van der Waals surface area contributed by atoms with E-state index in [0.29, 0.717) is 6.42 Å². The van der Waals surface area contributed by atoms with Crippen LogP contribution in [0.1, 0.15) is 68.6 Å². The molecule has 22 heavy (non-hydrogen) atoms. The van der Waals surface area contributed by atoms with Crippen LogP contribution in [0.4, 0.5) is 0 Å². The fraction of sp³-hybridized carbons (Fsp3) is 0.529. The molecule has 0 atom stereocenters. The molecule has 1 aromatic carbocycles. The van der Waals surface area contributed by atoms with Gasteiger partial charge in [-0.2, -0.15) is 0 Å². The van der Waals surface area contributed by atoms with Crippen LogP contribution in [0, 0.1) is 0 Å². The molecule has 0 amide bonds. The second-order valence-corrected chi connectivity index (χ2v) is 5.13. The van der Waals surface area contributed by atoms with Gasteiger partial charge in [0.05, 0.1) is 5.97 Å². The number of rotatable bonds is 10. The van der Waals surface area contributed by atoms with Gasteiger partial charge in [-0.25, -0.2) is 0 Å². The van der Waals surface area contributed by atoms with Crippen molar-refractivity contribution in [2.45, 2.75) is 58.3 Å². The predicted molar refractivity (Wildman–Crippen MR) is 79.0 cm³/mol. The average Bonchev–Trinajstić information content (AvgIpc) is 2.46. The number of ether oxygens (including phenoxy) is 1. The van der Waals surface area contributed by atoms with Crippen molar-refractivity contribution in [3.05, 3.63) is 29.8 Å². The molecule has 1 aromatic rings. The molecule has 4 nitrogen and oxygen atoms in total. The maximum absolute atomic E-state index is 11.7. The topological polar surface area (TPSA) is 66.4 Å². The van der Waals surface area contributed by atoms with Crippen LogP contribution in [0.3, 0.4) is 0 Å². The van der Waals surface area contributed by atoms with Gasteiger partial charge in [-0.3, -0.25) is 4.79 Å². The standard InChI is InChI=1S/C17H24O4.Na/c1-2-3-4-5-6-7-8-13-16(18)21-15-12-10-9-11-14(15)17(19)20;/h9-12H,2-8,13H2,1H3,(H,19,20);/q;+1/p-1. The van der Waals surface area contributed by atoms with E-state index in [1.165, 1.54) is 37.8 Å². The van der Waals surface area contributed by atoms with Gasteiger partial charge >= 0.3 is 35.5 Å². The zero-order valence-electron chi connectivity index (χ0n) is 13.6. The number of unbranched alkanes of at least 4 members (excludes halogenated alkanes) is 6. The maximum atomic E-state index is 11.7. The first-order valence-electron chi connectivity index (χ1n) is 7.66. The van der Waals surface area contributed by atoms with E-state index in [-0.39, 0.29) is 40.9 Å². The number of carbonyl (C=O) groups is 2. The molecule has 0 heterocycles. The van der Waals surface area contributed by atoms with Gasteiger partial charge in [0.15, 0.2) is 0 Å². The Bertz CT molecular complexity index is 460. The number of esters is 1. The van der Waals surface area contributed by atoms with Crippen molar-refractivity contribution < 1.29 is 49.0 Å². The van der Waals surface area contributed by atoms with Gasteiger partial charge in [0.2, 0.25) is 0 Å². The van der Waals surface area contributed by atoms with E-state index in [2.05, 4.69) is 6.92 Å². The Balaban J connectivity index is 0.00000441. The van der Waals surface area contributed by atoms with E-state index in [0.717, 1.165) is 19.3 Å². The largest absolute Gasteiger partial charge is 1.00 e. The zero-order chi connectivity index (χ0) is 15.5. The van der Waals surface area contributed by atoms with E-state index >= 15 is 0 Å². The summed E-state index contributed by atoms with van der Waals surface area (Å²) in [5.41, 5.74) is -0.0922. The number of benzene rings is 1. The average molecular weight is 314 g/mol. The summed E-state index contributed by atoms with van der Waals surface area (Å²) in [4.78, 5) is 22.6. The van der Waals surface area contributed by atoms with E-state index in [9.17, 15) is 14.7 Å².